The number of hydrogen-bond donors (Lipinski definition) is 1. The maximum atomic E-state index is 12.3. The zero-order valence-corrected chi connectivity index (χ0v) is 18.7. The fraction of sp³-hybridized carbons (Fsp3) is 0.273. The number of carbonyl (C=O) groups is 1. The molecule has 1 aromatic carbocycles. The van der Waals surface area contributed by atoms with Crippen molar-refractivity contribution in [3.63, 3.8) is 0 Å². The van der Waals surface area contributed by atoms with Crippen LogP contribution in [0, 0.1) is 0 Å². The summed E-state index contributed by atoms with van der Waals surface area (Å²) in [5.74, 6) is 0.981. The van der Waals surface area contributed by atoms with Crippen molar-refractivity contribution in [2.24, 2.45) is 0 Å². The normalized spacial score (nSPS) is 13.1. The topological polar surface area (TPSA) is 48.5 Å². The van der Waals surface area contributed by atoms with Gasteiger partial charge in [-0.25, -0.2) is 9.78 Å². The van der Waals surface area contributed by atoms with Crippen LogP contribution in [-0.4, -0.2) is 29.5 Å². The Morgan fingerprint density at radius 3 is 2.83 bits per heavy atom. The first-order valence-electron chi connectivity index (χ1n) is 9.57. The van der Waals surface area contributed by atoms with Gasteiger partial charge in [0.15, 0.2) is 0 Å². The van der Waals surface area contributed by atoms with Gasteiger partial charge in [-0.05, 0) is 51.2 Å². The van der Waals surface area contributed by atoms with E-state index in [-0.39, 0.29) is 6.03 Å². The van der Waals surface area contributed by atoms with Crippen molar-refractivity contribution in [1.29, 1.82) is 0 Å². The average Bonchev–Trinajstić information content (AvgIpc) is 3.16. The number of fused-ring (bicyclic) bond motifs is 1. The third kappa shape index (κ3) is 4.97. The van der Waals surface area contributed by atoms with E-state index < -0.39 is 0 Å². The van der Waals surface area contributed by atoms with Crippen LogP contribution < -0.4 is 10.2 Å². The zero-order chi connectivity index (χ0) is 20.2. The number of nitrogens with one attached hydrogen (secondary N) is 1. The van der Waals surface area contributed by atoms with Crippen molar-refractivity contribution < 1.29 is 4.79 Å². The highest BCUT2D eigenvalue weighted by Gasteiger charge is 2.17. The summed E-state index contributed by atoms with van der Waals surface area (Å²) in [4.78, 5) is 22.1. The van der Waals surface area contributed by atoms with Crippen molar-refractivity contribution in [3.8, 4) is 0 Å². The fourth-order valence-corrected chi connectivity index (χ4v) is 4.96. The average molecular weight is 471 g/mol. The van der Waals surface area contributed by atoms with Crippen LogP contribution in [0.2, 0.25) is 0 Å². The Kier molecular flexibility index (Phi) is 6.16. The van der Waals surface area contributed by atoms with Gasteiger partial charge in [0.05, 0.1) is 6.54 Å². The van der Waals surface area contributed by atoms with E-state index in [4.69, 9.17) is 0 Å². The molecular formula is C22H23BrN4OS. The van der Waals surface area contributed by atoms with E-state index in [0.717, 1.165) is 40.2 Å². The Labute approximate surface area is 183 Å². The number of carbonyl (C=O) groups excluding carboxylic acids is 1. The van der Waals surface area contributed by atoms with Gasteiger partial charge in [-0.3, -0.25) is 0 Å². The third-order valence-corrected chi connectivity index (χ3v) is 6.75. The molecule has 29 heavy (non-hydrogen) atoms. The summed E-state index contributed by atoms with van der Waals surface area (Å²) in [7, 11) is 1.80. The van der Waals surface area contributed by atoms with Gasteiger partial charge in [0.2, 0.25) is 0 Å². The van der Waals surface area contributed by atoms with Gasteiger partial charge in [0.25, 0.3) is 0 Å². The third-order valence-electron chi connectivity index (χ3n) is 5.07. The summed E-state index contributed by atoms with van der Waals surface area (Å²) >= 11 is 5.08. The molecule has 0 atom stereocenters. The molecule has 4 rings (SSSR count). The molecule has 0 saturated heterocycles. The molecular weight excluding hydrogens is 448 g/mol. The Hall–Kier alpha value is -2.38. The van der Waals surface area contributed by atoms with Crippen LogP contribution >= 0.6 is 27.3 Å². The van der Waals surface area contributed by atoms with E-state index in [0.29, 0.717) is 13.1 Å². The first kappa shape index (κ1) is 19.9. The predicted molar refractivity (Wildman–Crippen MR) is 121 cm³/mol. The molecule has 0 bridgehead atoms. The first-order chi connectivity index (χ1) is 14.1. The van der Waals surface area contributed by atoms with Crippen molar-refractivity contribution in [2.75, 3.05) is 18.5 Å². The van der Waals surface area contributed by atoms with Gasteiger partial charge < -0.3 is 15.1 Å². The summed E-state index contributed by atoms with van der Waals surface area (Å²) in [6.45, 7) is 2.93. The SMILES string of the molecule is CN(Cc1cc(Br)cs1)C(=O)NCc1ccc(N2CCc3ccccc3C2)nc1. The van der Waals surface area contributed by atoms with Crippen LogP contribution in [0.15, 0.2) is 58.5 Å². The van der Waals surface area contributed by atoms with Gasteiger partial charge in [-0.15, -0.1) is 11.3 Å². The van der Waals surface area contributed by atoms with E-state index in [1.54, 1.807) is 23.3 Å². The number of aromatic nitrogens is 1. The molecule has 0 aliphatic carbocycles. The van der Waals surface area contributed by atoms with E-state index in [1.807, 2.05) is 29.8 Å². The largest absolute Gasteiger partial charge is 0.352 e. The van der Waals surface area contributed by atoms with Crippen LogP contribution in [0.25, 0.3) is 0 Å². The molecule has 2 aromatic heterocycles. The second-order valence-electron chi connectivity index (χ2n) is 7.21. The maximum Gasteiger partial charge on any atom is 0.317 e. The Balaban J connectivity index is 1.30. The fourth-order valence-electron chi connectivity index (χ4n) is 3.45. The molecule has 0 radical (unpaired) electrons. The Morgan fingerprint density at radius 2 is 2.10 bits per heavy atom. The number of thiophene rings is 1. The summed E-state index contributed by atoms with van der Waals surface area (Å²) in [6.07, 6.45) is 2.90. The summed E-state index contributed by atoms with van der Waals surface area (Å²) in [6, 6.07) is 14.6. The number of benzene rings is 1. The van der Waals surface area contributed by atoms with Gasteiger partial charge in [-0.1, -0.05) is 30.3 Å². The number of nitrogens with zero attached hydrogens (tertiary/aromatic N) is 3. The van der Waals surface area contributed by atoms with Crippen molar-refractivity contribution in [3.05, 3.63) is 80.1 Å². The second-order valence-corrected chi connectivity index (χ2v) is 9.12. The minimum Gasteiger partial charge on any atom is -0.352 e. The number of pyridine rings is 1. The van der Waals surface area contributed by atoms with Crippen LogP contribution in [0.3, 0.4) is 0 Å². The molecule has 0 unspecified atom stereocenters. The lowest BCUT2D eigenvalue weighted by atomic mass is 10.00. The quantitative estimate of drug-likeness (QED) is 0.581. The number of urea groups is 1. The molecule has 3 heterocycles. The number of amides is 2. The van der Waals surface area contributed by atoms with Crippen LogP contribution in [-0.2, 0) is 26.1 Å². The minimum absolute atomic E-state index is 0.0914. The molecule has 1 aliphatic heterocycles. The molecule has 0 spiro atoms. The monoisotopic (exact) mass is 470 g/mol. The van der Waals surface area contributed by atoms with E-state index in [1.165, 1.54) is 11.1 Å². The smallest absolute Gasteiger partial charge is 0.317 e. The lowest BCUT2D eigenvalue weighted by molar-refractivity contribution is 0.207. The van der Waals surface area contributed by atoms with Crippen molar-refractivity contribution >= 4 is 39.1 Å². The first-order valence-corrected chi connectivity index (χ1v) is 11.2. The molecule has 2 amide bonds. The molecule has 7 heteroatoms. The lowest BCUT2D eigenvalue weighted by Crippen LogP contribution is -2.36. The number of anilines is 1. The highest BCUT2D eigenvalue weighted by Crippen LogP contribution is 2.23. The summed E-state index contributed by atoms with van der Waals surface area (Å²) in [5, 5.41) is 4.99. The molecule has 1 N–H and O–H groups in total. The predicted octanol–water partition coefficient (Wildman–Crippen LogP) is 4.81. The van der Waals surface area contributed by atoms with Gasteiger partial charge in [0, 0.05) is 47.6 Å². The van der Waals surface area contributed by atoms with Gasteiger partial charge >= 0.3 is 6.03 Å². The van der Waals surface area contributed by atoms with E-state index >= 15 is 0 Å². The molecule has 0 fully saturated rings. The maximum absolute atomic E-state index is 12.3. The number of rotatable bonds is 5. The number of hydrogen-bond acceptors (Lipinski definition) is 4. The summed E-state index contributed by atoms with van der Waals surface area (Å²) in [5.41, 5.74) is 3.80. The Morgan fingerprint density at radius 1 is 1.28 bits per heavy atom. The van der Waals surface area contributed by atoms with Gasteiger partial charge in [-0.2, -0.15) is 0 Å². The molecule has 1 aliphatic rings. The molecule has 3 aromatic rings. The van der Waals surface area contributed by atoms with Crippen LogP contribution in [0.4, 0.5) is 10.6 Å². The highest BCUT2D eigenvalue weighted by atomic mass is 79.9. The zero-order valence-electron chi connectivity index (χ0n) is 16.3. The van der Waals surface area contributed by atoms with E-state index in [9.17, 15) is 4.79 Å². The van der Waals surface area contributed by atoms with Crippen molar-refractivity contribution in [2.45, 2.75) is 26.1 Å². The minimum atomic E-state index is -0.0914. The van der Waals surface area contributed by atoms with Gasteiger partial charge in [0.1, 0.15) is 5.82 Å². The van der Waals surface area contributed by atoms with E-state index in [2.05, 4.69) is 55.4 Å². The van der Waals surface area contributed by atoms with Crippen LogP contribution in [0.5, 0.6) is 0 Å². The number of halogens is 1. The van der Waals surface area contributed by atoms with Crippen LogP contribution in [0.1, 0.15) is 21.6 Å². The molecule has 150 valence electrons. The summed E-state index contributed by atoms with van der Waals surface area (Å²) < 4.78 is 1.05. The van der Waals surface area contributed by atoms with Crippen molar-refractivity contribution in [1.82, 2.24) is 15.2 Å². The standard InChI is InChI=1S/C22H23BrN4OS/c1-26(14-20-10-19(23)15-29-20)22(28)25-12-16-6-7-21(24-11-16)27-9-8-17-4-2-3-5-18(17)13-27/h2-7,10-11,15H,8-9,12-14H2,1H3,(H,25,28). The highest BCUT2D eigenvalue weighted by molar-refractivity contribution is 9.10. The lowest BCUT2D eigenvalue weighted by Gasteiger charge is -2.29. The molecule has 5 nitrogen and oxygen atoms in total. The Bertz CT molecular complexity index is 988. The second kappa shape index (κ2) is 8.97. The molecule has 0 saturated carbocycles.